The van der Waals surface area contributed by atoms with Crippen molar-refractivity contribution in [2.75, 3.05) is 19.6 Å². The Bertz CT molecular complexity index is 612. The van der Waals surface area contributed by atoms with Crippen LogP contribution < -0.4 is 5.73 Å². The van der Waals surface area contributed by atoms with Crippen molar-refractivity contribution in [3.05, 3.63) is 36.8 Å². The maximum atomic E-state index is 11.1. The minimum atomic E-state index is -0.287. The van der Waals surface area contributed by atoms with E-state index in [0.717, 1.165) is 37.4 Å². The number of nitrogens with two attached hydrogens (primary N) is 1. The summed E-state index contributed by atoms with van der Waals surface area (Å²) in [4.78, 5) is 26.2. The van der Waals surface area contributed by atoms with Gasteiger partial charge in [0.25, 0.3) is 0 Å². The molecule has 0 radical (unpaired) electrons. The molecule has 1 amide bonds. The van der Waals surface area contributed by atoms with Gasteiger partial charge in [0.15, 0.2) is 5.82 Å². The molecule has 1 atom stereocenters. The summed E-state index contributed by atoms with van der Waals surface area (Å²) < 4.78 is 1.87. The summed E-state index contributed by atoms with van der Waals surface area (Å²) >= 11 is 0. The first-order valence-electron chi connectivity index (χ1n) is 7.04. The van der Waals surface area contributed by atoms with Crippen molar-refractivity contribution in [1.82, 2.24) is 24.4 Å². The molecule has 0 unspecified atom stereocenters. The second-order valence-corrected chi connectivity index (χ2v) is 5.28. The van der Waals surface area contributed by atoms with Gasteiger partial charge in [-0.25, -0.2) is 9.97 Å². The summed E-state index contributed by atoms with van der Waals surface area (Å²) in [6.45, 7) is 1.99. The van der Waals surface area contributed by atoms with E-state index in [9.17, 15) is 4.79 Å². The third-order valence-electron chi connectivity index (χ3n) is 3.73. The molecule has 1 fully saturated rings. The number of carbonyl (C=O) groups excluding carboxylic acids is 1. The lowest BCUT2D eigenvalue weighted by atomic mass is 9.94. The fourth-order valence-electron chi connectivity index (χ4n) is 2.86. The van der Waals surface area contributed by atoms with E-state index in [1.807, 2.05) is 10.8 Å². The highest BCUT2D eigenvalue weighted by molar-refractivity contribution is 5.75. The lowest BCUT2D eigenvalue weighted by Gasteiger charge is -2.31. The molecular formula is C14H18N6O. The molecule has 3 rings (SSSR count). The molecule has 3 heterocycles. The van der Waals surface area contributed by atoms with E-state index in [2.05, 4.69) is 19.9 Å². The van der Waals surface area contributed by atoms with Crippen molar-refractivity contribution in [2.24, 2.45) is 5.73 Å². The SMILES string of the molecule is NC(=O)CN1CCC[C@H](c2nccnc2-n2ccnc2)C1. The first-order valence-corrected chi connectivity index (χ1v) is 7.04. The zero-order valence-corrected chi connectivity index (χ0v) is 11.7. The number of likely N-dealkylation sites (tertiary alicyclic amines) is 1. The normalized spacial score (nSPS) is 19.5. The first kappa shape index (κ1) is 13.7. The van der Waals surface area contributed by atoms with E-state index in [1.54, 1.807) is 24.9 Å². The van der Waals surface area contributed by atoms with E-state index in [0.29, 0.717) is 6.54 Å². The van der Waals surface area contributed by atoms with Crippen molar-refractivity contribution >= 4 is 5.91 Å². The van der Waals surface area contributed by atoms with Gasteiger partial charge in [-0.3, -0.25) is 19.2 Å². The average Bonchev–Trinajstić information content (AvgIpc) is 3.01. The average molecular weight is 286 g/mol. The number of amides is 1. The van der Waals surface area contributed by atoms with Crippen LogP contribution in [0.1, 0.15) is 24.5 Å². The molecule has 1 aliphatic rings. The second-order valence-electron chi connectivity index (χ2n) is 5.28. The number of hydrogen-bond acceptors (Lipinski definition) is 5. The van der Waals surface area contributed by atoms with Crippen molar-refractivity contribution in [2.45, 2.75) is 18.8 Å². The molecule has 0 bridgehead atoms. The van der Waals surface area contributed by atoms with Gasteiger partial charge >= 0.3 is 0 Å². The molecule has 0 aromatic carbocycles. The minimum Gasteiger partial charge on any atom is -0.369 e. The fourth-order valence-corrected chi connectivity index (χ4v) is 2.86. The van der Waals surface area contributed by atoms with Crippen molar-refractivity contribution in [1.29, 1.82) is 0 Å². The van der Waals surface area contributed by atoms with Gasteiger partial charge in [0, 0.05) is 37.3 Å². The number of primary amides is 1. The molecule has 21 heavy (non-hydrogen) atoms. The fraction of sp³-hybridized carbons (Fsp3) is 0.429. The van der Waals surface area contributed by atoms with E-state index >= 15 is 0 Å². The van der Waals surface area contributed by atoms with E-state index in [1.165, 1.54) is 0 Å². The topological polar surface area (TPSA) is 89.9 Å². The van der Waals surface area contributed by atoms with Crippen molar-refractivity contribution in [3.63, 3.8) is 0 Å². The van der Waals surface area contributed by atoms with Gasteiger partial charge < -0.3 is 5.73 Å². The summed E-state index contributed by atoms with van der Waals surface area (Å²) in [6.07, 6.45) is 10.8. The van der Waals surface area contributed by atoms with Crippen molar-refractivity contribution in [3.8, 4) is 5.82 Å². The zero-order chi connectivity index (χ0) is 14.7. The molecule has 0 aliphatic carbocycles. The number of carbonyl (C=O) groups is 1. The molecule has 1 aliphatic heterocycles. The van der Waals surface area contributed by atoms with Crippen LogP contribution in [-0.4, -0.2) is 50.0 Å². The lowest BCUT2D eigenvalue weighted by molar-refractivity contribution is -0.119. The van der Waals surface area contributed by atoms with Crippen LogP contribution in [0.3, 0.4) is 0 Å². The Morgan fingerprint density at radius 2 is 2.19 bits per heavy atom. The monoisotopic (exact) mass is 286 g/mol. The van der Waals surface area contributed by atoms with Crippen LogP contribution in [0, 0.1) is 0 Å². The van der Waals surface area contributed by atoms with Crippen LogP contribution in [0.5, 0.6) is 0 Å². The first-order chi connectivity index (χ1) is 10.2. The highest BCUT2D eigenvalue weighted by atomic mass is 16.1. The molecule has 1 saturated heterocycles. The Balaban J connectivity index is 1.85. The maximum Gasteiger partial charge on any atom is 0.231 e. The largest absolute Gasteiger partial charge is 0.369 e. The summed E-state index contributed by atoms with van der Waals surface area (Å²) in [6, 6.07) is 0. The summed E-state index contributed by atoms with van der Waals surface area (Å²) in [5.41, 5.74) is 6.24. The Hall–Kier alpha value is -2.28. The Labute approximate surface area is 122 Å². The van der Waals surface area contributed by atoms with Crippen LogP contribution in [-0.2, 0) is 4.79 Å². The summed E-state index contributed by atoms with van der Waals surface area (Å²) in [5, 5.41) is 0. The number of aromatic nitrogens is 4. The van der Waals surface area contributed by atoms with Crippen molar-refractivity contribution < 1.29 is 4.79 Å². The molecule has 2 aromatic rings. The minimum absolute atomic E-state index is 0.254. The molecule has 110 valence electrons. The van der Waals surface area contributed by atoms with E-state index < -0.39 is 0 Å². The van der Waals surface area contributed by atoms with Gasteiger partial charge in [-0.2, -0.15) is 0 Å². The highest BCUT2D eigenvalue weighted by Crippen LogP contribution is 2.28. The molecule has 7 heteroatoms. The van der Waals surface area contributed by atoms with E-state index in [-0.39, 0.29) is 11.8 Å². The second kappa shape index (κ2) is 6.01. The number of nitrogens with zero attached hydrogens (tertiary/aromatic N) is 5. The van der Waals surface area contributed by atoms with Gasteiger partial charge in [0.2, 0.25) is 5.91 Å². The number of rotatable bonds is 4. The Kier molecular flexibility index (Phi) is 3.92. The smallest absolute Gasteiger partial charge is 0.231 e. The predicted molar refractivity (Wildman–Crippen MR) is 76.8 cm³/mol. The number of imidazole rings is 1. The standard InChI is InChI=1S/C14H18N6O/c15-12(21)9-19-6-1-2-11(8-19)13-14(18-4-3-17-13)20-7-5-16-10-20/h3-5,7,10-11H,1-2,6,8-9H2,(H2,15,21)/t11-/m0/s1. The van der Waals surface area contributed by atoms with Gasteiger partial charge in [-0.1, -0.05) is 0 Å². The van der Waals surface area contributed by atoms with Gasteiger partial charge in [-0.15, -0.1) is 0 Å². The molecule has 0 spiro atoms. The third kappa shape index (κ3) is 3.08. The van der Waals surface area contributed by atoms with Crippen LogP contribution in [0.15, 0.2) is 31.1 Å². The molecule has 7 nitrogen and oxygen atoms in total. The van der Waals surface area contributed by atoms with Crippen LogP contribution >= 0.6 is 0 Å². The number of hydrogen-bond donors (Lipinski definition) is 1. The maximum absolute atomic E-state index is 11.1. The third-order valence-corrected chi connectivity index (χ3v) is 3.73. The predicted octanol–water partition coefficient (Wildman–Crippen LogP) is 0.327. The summed E-state index contributed by atoms with van der Waals surface area (Å²) in [7, 11) is 0. The quantitative estimate of drug-likeness (QED) is 0.874. The molecule has 2 aromatic heterocycles. The van der Waals surface area contributed by atoms with Gasteiger partial charge in [-0.05, 0) is 19.4 Å². The molecule has 2 N–H and O–H groups in total. The van der Waals surface area contributed by atoms with E-state index in [4.69, 9.17) is 5.73 Å². The molecule has 0 saturated carbocycles. The van der Waals surface area contributed by atoms with Gasteiger partial charge in [0.1, 0.15) is 6.33 Å². The highest BCUT2D eigenvalue weighted by Gasteiger charge is 2.26. The summed E-state index contributed by atoms with van der Waals surface area (Å²) in [5.74, 6) is 0.773. The molecular weight excluding hydrogens is 268 g/mol. The number of piperidine rings is 1. The lowest BCUT2D eigenvalue weighted by Crippen LogP contribution is -2.40. The zero-order valence-electron chi connectivity index (χ0n) is 11.7. The van der Waals surface area contributed by atoms with Gasteiger partial charge in [0.05, 0.1) is 12.2 Å². The Morgan fingerprint density at radius 1 is 1.33 bits per heavy atom. The Morgan fingerprint density at radius 3 is 2.95 bits per heavy atom. The van der Waals surface area contributed by atoms with Crippen LogP contribution in [0.4, 0.5) is 0 Å². The van der Waals surface area contributed by atoms with Crippen LogP contribution in [0.2, 0.25) is 0 Å². The van der Waals surface area contributed by atoms with Crippen LogP contribution in [0.25, 0.3) is 5.82 Å².